The maximum atomic E-state index is 12.6. The molecule has 2 aliphatic heterocycles. The molecule has 0 unspecified atom stereocenters. The molecule has 1 N–H and O–H groups in total. The van der Waals surface area contributed by atoms with Gasteiger partial charge >= 0.3 is 0 Å². The van der Waals surface area contributed by atoms with E-state index in [1.165, 1.54) is 0 Å². The molecule has 2 saturated heterocycles. The zero-order valence-corrected chi connectivity index (χ0v) is 12.0. The summed E-state index contributed by atoms with van der Waals surface area (Å²) in [6.45, 7) is 6.96. The highest BCUT2D eigenvalue weighted by Gasteiger charge is 2.37. The lowest BCUT2D eigenvalue weighted by Crippen LogP contribution is -2.47. The van der Waals surface area contributed by atoms with Crippen LogP contribution in [0.1, 0.15) is 10.4 Å². The van der Waals surface area contributed by atoms with Crippen LogP contribution in [0.25, 0.3) is 0 Å². The van der Waals surface area contributed by atoms with Crippen LogP contribution < -0.4 is 10.1 Å². The Labute approximate surface area is 124 Å². The highest BCUT2D eigenvalue weighted by atomic mass is 16.5. The van der Waals surface area contributed by atoms with E-state index in [4.69, 9.17) is 9.47 Å². The maximum Gasteiger partial charge on any atom is 0.254 e. The van der Waals surface area contributed by atoms with Gasteiger partial charge in [0, 0.05) is 25.2 Å². The van der Waals surface area contributed by atoms with Crippen LogP contribution in [0.15, 0.2) is 36.9 Å². The number of hydrogen-bond donors (Lipinski definition) is 1. The number of carbonyl (C=O) groups is 1. The van der Waals surface area contributed by atoms with E-state index in [0.29, 0.717) is 37.6 Å². The third-order valence-corrected chi connectivity index (χ3v) is 3.84. The fraction of sp³-hybridized carbons (Fsp3) is 0.438. The van der Waals surface area contributed by atoms with Crippen LogP contribution in [0.3, 0.4) is 0 Å². The molecule has 1 amide bonds. The van der Waals surface area contributed by atoms with Crippen molar-refractivity contribution in [3.63, 3.8) is 0 Å². The number of amides is 1. The van der Waals surface area contributed by atoms with E-state index in [1.807, 2.05) is 23.1 Å². The van der Waals surface area contributed by atoms with E-state index >= 15 is 0 Å². The second-order valence-corrected chi connectivity index (χ2v) is 5.31. The van der Waals surface area contributed by atoms with E-state index in [-0.39, 0.29) is 18.1 Å². The Kier molecular flexibility index (Phi) is 4.22. The van der Waals surface area contributed by atoms with Gasteiger partial charge in [0.1, 0.15) is 12.4 Å². The minimum atomic E-state index is 0.0267. The van der Waals surface area contributed by atoms with Crippen molar-refractivity contribution in [1.29, 1.82) is 0 Å². The predicted molar refractivity (Wildman–Crippen MR) is 79.6 cm³/mol. The van der Waals surface area contributed by atoms with Crippen LogP contribution in [-0.2, 0) is 4.74 Å². The molecule has 5 heteroatoms. The van der Waals surface area contributed by atoms with E-state index in [1.54, 1.807) is 12.1 Å². The van der Waals surface area contributed by atoms with Crippen LogP contribution in [0.2, 0.25) is 0 Å². The summed E-state index contributed by atoms with van der Waals surface area (Å²) in [5.74, 6) is 0.714. The van der Waals surface area contributed by atoms with Gasteiger partial charge in [0.25, 0.3) is 5.91 Å². The second kappa shape index (κ2) is 6.28. The van der Waals surface area contributed by atoms with Crippen molar-refractivity contribution < 1.29 is 14.3 Å². The first-order chi connectivity index (χ1) is 10.3. The standard InChI is InChI=1S/C16H20N2O3/c1-2-7-20-13-5-3-4-12(9-13)16(19)18-10-14-15(11-18)21-8-6-17-14/h2-5,9,14-15,17H,1,6-8,10-11H2/t14-,15-/m0/s1. The van der Waals surface area contributed by atoms with Crippen LogP contribution in [0, 0.1) is 0 Å². The summed E-state index contributed by atoms with van der Waals surface area (Å²) in [4.78, 5) is 14.4. The van der Waals surface area contributed by atoms with Gasteiger partial charge in [0.2, 0.25) is 0 Å². The summed E-state index contributed by atoms with van der Waals surface area (Å²) in [6, 6.07) is 7.53. The Balaban J connectivity index is 1.69. The number of likely N-dealkylation sites (tertiary alicyclic amines) is 1. The molecular weight excluding hydrogens is 268 g/mol. The largest absolute Gasteiger partial charge is 0.490 e. The average Bonchev–Trinajstić information content (AvgIpc) is 2.96. The first-order valence-corrected chi connectivity index (χ1v) is 7.26. The number of nitrogens with one attached hydrogen (secondary N) is 1. The molecule has 2 heterocycles. The molecule has 5 nitrogen and oxygen atoms in total. The average molecular weight is 288 g/mol. The number of ether oxygens (including phenoxy) is 2. The monoisotopic (exact) mass is 288 g/mol. The van der Waals surface area contributed by atoms with Crippen molar-refractivity contribution in [3.8, 4) is 5.75 Å². The second-order valence-electron chi connectivity index (χ2n) is 5.31. The summed E-state index contributed by atoms with van der Waals surface area (Å²) >= 11 is 0. The Morgan fingerprint density at radius 3 is 3.24 bits per heavy atom. The third kappa shape index (κ3) is 3.09. The van der Waals surface area contributed by atoms with Gasteiger partial charge in [-0.1, -0.05) is 18.7 Å². The Hall–Kier alpha value is -1.85. The highest BCUT2D eigenvalue weighted by molar-refractivity contribution is 5.94. The third-order valence-electron chi connectivity index (χ3n) is 3.84. The van der Waals surface area contributed by atoms with Gasteiger partial charge in [-0.05, 0) is 18.2 Å². The SMILES string of the molecule is C=CCOc1cccc(C(=O)N2C[C@@H]3NCCO[C@H]3C2)c1. The molecular formula is C16H20N2O3. The highest BCUT2D eigenvalue weighted by Crippen LogP contribution is 2.21. The van der Waals surface area contributed by atoms with Crippen molar-refractivity contribution in [2.45, 2.75) is 12.1 Å². The minimum absolute atomic E-state index is 0.0267. The Bertz CT molecular complexity index is 518. The number of rotatable bonds is 4. The van der Waals surface area contributed by atoms with Crippen LogP contribution in [0.4, 0.5) is 0 Å². The van der Waals surface area contributed by atoms with Gasteiger partial charge in [0.05, 0.1) is 18.8 Å². The van der Waals surface area contributed by atoms with Crippen molar-refractivity contribution in [3.05, 3.63) is 42.5 Å². The first-order valence-electron chi connectivity index (χ1n) is 7.26. The molecule has 0 bridgehead atoms. The molecule has 2 atom stereocenters. The topological polar surface area (TPSA) is 50.8 Å². The zero-order valence-electron chi connectivity index (χ0n) is 12.0. The zero-order chi connectivity index (χ0) is 14.7. The first kappa shape index (κ1) is 14.1. The molecule has 0 radical (unpaired) electrons. The Morgan fingerprint density at radius 2 is 2.43 bits per heavy atom. The van der Waals surface area contributed by atoms with Gasteiger partial charge in [-0.15, -0.1) is 0 Å². The molecule has 0 aliphatic carbocycles. The molecule has 0 spiro atoms. The lowest BCUT2D eigenvalue weighted by atomic mass is 10.2. The van der Waals surface area contributed by atoms with Crippen molar-refractivity contribution in [2.24, 2.45) is 0 Å². The van der Waals surface area contributed by atoms with Crippen LogP contribution in [0.5, 0.6) is 5.75 Å². The molecule has 1 aromatic rings. The summed E-state index contributed by atoms with van der Waals surface area (Å²) < 4.78 is 11.2. The number of benzene rings is 1. The minimum Gasteiger partial charge on any atom is -0.490 e. The van der Waals surface area contributed by atoms with Crippen molar-refractivity contribution in [2.75, 3.05) is 32.8 Å². The van der Waals surface area contributed by atoms with Gasteiger partial charge in [-0.3, -0.25) is 4.79 Å². The summed E-state index contributed by atoms with van der Waals surface area (Å²) in [7, 11) is 0. The van der Waals surface area contributed by atoms with Gasteiger partial charge < -0.3 is 19.7 Å². The van der Waals surface area contributed by atoms with Crippen molar-refractivity contribution in [1.82, 2.24) is 10.2 Å². The fourth-order valence-electron chi connectivity index (χ4n) is 2.82. The fourth-order valence-corrected chi connectivity index (χ4v) is 2.82. The predicted octanol–water partition coefficient (Wildman–Crippen LogP) is 1.06. The van der Waals surface area contributed by atoms with Gasteiger partial charge in [0.15, 0.2) is 0 Å². The number of morpholine rings is 1. The van der Waals surface area contributed by atoms with Gasteiger partial charge in [-0.25, -0.2) is 0 Å². The molecule has 2 fully saturated rings. The lowest BCUT2D eigenvalue weighted by Gasteiger charge is -2.25. The number of hydrogen-bond acceptors (Lipinski definition) is 4. The van der Waals surface area contributed by atoms with Crippen LogP contribution in [-0.4, -0.2) is 55.8 Å². The van der Waals surface area contributed by atoms with E-state index < -0.39 is 0 Å². The normalized spacial score (nSPS) is 24.5. The van der Waals surface area contributed by atoms with Crippen molar-refractivity contribution >= 4 is 5.91 Å². The molecule has 1 aromatic carbocycles. The van der Waals surface area contributed by atoms with E-state index in [0.717, 1.165) is 6.54 Å². The quantitative estimate of drug-likeness (QED) is 0.842. The number of nitrogens with zero attached hydrogens (tertiary/aromatic N) is 1. The maximum absolute atomic E-state index is 12.6. The number of fused-ring (bicyclic) bond motifs is 1. The van der Waals surface area contributed by atoms with E-state index in [9.17, 15) is 4.79 Å². The van der Waals surface area contributed by atoms with Gasteiger partial charge in [-0.2, -0.15) is 0 Å². The number of carbonyl (C=O) groups excluding carboxylic acids is 1. The Morgan fingerprint density at radius 1 is 1.52 bits per heavy atom. The molecule has 2 aliphatic rings. The molecule has 3 rings (SSSR count). The summed E-state index contributed by atoms with van der Waals surface area (Å²) in [6.07, 6.45) is 1.80. The van der Waals surface area contributed by atoms with E-state index in [2.05, 4.69) is 11.9 Å². The summed E-state index contributed by atoms with van der Waals surface area (Å²) in [5.41, 5.74) is 0.648. The smallest absolute Gasteiger partial charge is 0.254 e. The molecule has 21 heavy (non-hydrogen) atoms. The molecule has 112 valence electrons. The summed E-state index contributed by atoms with van der Waals surface area (Å²) in [5, 5.41) is 3.40. The molecule has 0 saturated carbocycles. The van der Waals surface area contributed by atoms with Crippen LogP contribution >= 0.6 is 0 Å². The lowest BCUT2D eigenvalue weighted by molar-refractivity contribution is 0.0176. The molecule has 0 aromatic heterocycles.